The maximum Gasteiger partial charge on any atom is 0.336 e. The Morgan fingerprint density at radius 3 is 1.02 bits per heavy atom. The van der Waals surface area contributed by atoms with Crippen LogP contribution >= 0.6 is 0 Å². The van der Waals surface area contributed by atoms with E-state index >= 15 is 0 Å². The van der Waals surface area contributed by atoms with Crippen LogP contribution in [-0.4, -0.2) is 158 Å². The molecule has 0 aliphatic rings. The van der Waals surface area contributed by atoms with Gasteiger partial charge in [0.1, 0.15) is 57.5 Å². The number of hydrogen-bond acceptors (Lipinski definition) is 22. The first-order valence-electron chi connectivity index (χ1n) is 42.9. The number of nitrogen functional groups attached to an aromatic ring is 1. The lowest BCUT2D eigenvalue weighted by molar-refractivity contribution is -0.384. The van der Waals surface area contributed by atoms with Gasteiger partial charge in [-0.3, -0.25) is 10.1 Å². The van der Waals surface area contributed by atoms with Gasteiger partial charge in [0.05, 0.1) is 62.1 Å². The van der Waals surface area contributed by atoms with Crippen molar-refractivity contribution in [1.29, 1.82) is 0 Å². The fraction of sp³-hybridized carbons (Fsp3) is 0.0446. The zero-order valence-electron chi connectivity index (χ0n) is 76.4. The zero-order valence-corrected chi connectivity index (χ0v) is 76.4. The number of nitrogens with zero attached hydrogens (tertiary/aromatic N) is 1. The van der Waals surface area contributed by atoms with Crippen molar-refractivity contribution in [3.05, 3.63) is 392 Å². The maximum absolute atomic E-state index is 11.0. The molecule has 0 spiro atoms. The number of phenols is 9. The number of carbonyl (C=O) groups is 9. The third-order valence-electron chi connectivity index (χ3n) is 22.6. The number of aromatic carboxylic acids is 9. The summed E-state index contributed by atoms with van der Waals surface area (Å²) in [4.78, 5) is 107. The highest BCUT2D eigenvalue weighted by Crippen LogP contribution is 2.40. The van der Waals surface area contributed by atoms with E-state index in [2.05, 4.69) is 0 Å². The summed E-state index contributed by atoms with van der Waals surface area (Å²) >= 11 is 0. The summed E-state index contributed by atoms with van der Waals surface area (Å²) in [6.07, 6.45) is 0. The third-order valence-corrected chi connectivity index (χ3v) is 22.6. The molecule has 0 aromatic heterocycles. The summed E-state index contributed by atoms with van der Waals surface area (Å²) in [6.45, 7) is 7.36. The third kappa shape index (κ3) is 24.0. The molecule has 0 saturated carbocycles. The Kier molecular flexibility index (Phi) is 31.5. The first kappa shape index (κ1) is 103. The molecule has 0 heterocycles. The molecular formula is C112H86N2O30. The number of phenolic OH excluding ortho intramolecular Hbond substituents is 9. The number of anilines is 1. The first-order valence-corrected chi connectivity index (χ1v) is 42.9. The van der Waals surface area contributed by atoms with Gasteiger partial charge in [-0.2, -0.15) is 0 Å². The quantitative estimate of drug-likeness (QED) is 0.0247. The second-order valence-electron chi connectivity index (χ2n) is 32.5. The molecule has 32 nitrogen and oxygen atoms in total. The summed E-state index contributed by atoms with van der Waals surface area (Å²) in [6, 6.07) is 84.1. The Hall–Kier alpha value is -20.3. The van der Waals surface area contributed by atoms with Crippen molar-refractivity contribution in [2.24, 2.45) is 0 Å². The number of carboxylic acids is 9. The molecule has 32 heteroatoms. The minimum Gasteiger partial charge on any atom is -0.507 e. The first-order chi connectivity index (χ1) is 68.4. The highest BCUT2D eigenvalue weighted by atomic mass is 16.6. The molecule has 0 fully saturated rings. The average Bonchev–Trinajstić information content (AvgIpc) is 0.759. The van der Waals surface area contributed by atoms with E-state index in [1.165, 1.54) is 86.0 Å². The van der Waals surface area contributed by atoms with Crippen molar-refractivity contribution in [3.63, 3.8) is 0 Å². The Balaban J connectivity index is 0.000000145. The molecule has 0 aliphatic carbocycles. The topological polar surface area (TPSA) is 596 Å². The molecule has 0 saturated heterocycles. The number of ether oxygens (including phenoxy) is 1. The lowest BCUT2D eigenvalue weighted by atomic mass is 9.99. The van der Waals surface area contributed by atoms with Crippen LogP contribution in [0.25, 0.3) is 118 Å². The molecule has 0 aliphatic heterocycles. The number of non-ortho nitro benzene ring substituents is 1. The molecule has 20 aromatic rings. The van der Waals surface area contributed by atoms with E-state index in [0.29, 0.717) is 76.2 Å². The van der Waals surface area contributed by atoms with E-state index in [4.69, 9.17) is 56.4 Å². The van der Waals surface area contributed by atoms with Crippen LogP contribution in [0.1, 0.15) is 115 Å². The fourth-order valence-electron chi connectivity index (χ4n) is 15.5. The molecule has 0 radical (unpaired) electrons. The van der Waals surface area contributed by atoms with Gasteiger partial charge < -0.3 is 102 Å². The Morgan fingerprint density at radius 2 is 0.562 bits per heavy atom. The number of fused-ring (bicyclic) bond motifs is 13. The van der Waals surface area contributed by atoms with E-state index in [-0.39, 0.29) is 113 Å². The van der Waals surface area contributed by atoms with Gasteiger partial charge in [0.15, 0.2) is 0 Å². The molecule has 144 heavy (non-hydrogen) atoms. The molecule has 0 atom stereocenters. The molecule has 724 valence electrons. The van der Waals surface area contributed by atoms with E-state index in [1.54, 1.807) is 116 Å². The number of hydrogen-bond donors (Lipinski definition) is 19. The highest BCUT2D eigenvalue weighted by Gasteiger charge is 2.21. The van der Waals surface area contributed by atoms with Gasteiger partial charge in [0.2, 0.25) is 0 Å². The normalized spacial score (nSPS) is 10.5. The molecule has 20 N–H and O–H groups in total. The summed E-state index contributed by atoms with van der Waals surface area (Å²) in [5.41, 5.74) is 10.1. The van der Waals surface area contributed by atoms with Gasteiger partial charge in [-0.1, -0.05) is 174 Å². The summed E-state index contributed by atoms with van der Waals surface area (Å²) in [5.74, 6) is -9.34. The SMILES string of the molecule is COc1cccc2c(O)cc(C(=O)O)cc12.Cc1c(C(=O)O)cc2ccccc2c1O.Cc1ccc2c(O)cc(C(=O)O)cc2c1.Cc1ccc2cc(C(=O)O)cc(O)c2c1.Cc1ccc2cc(C(=O)O)cc(O)c2c1.Nc1ccc2cc(C(=O)O)cc(O)c2c1.O=C(O)c1cc(O)c2c(ccc3ccccc32)c1.O=C(O)c1cc(O)c2cc([N+](=O)[O-])ccc2c1.O=C(O)c1cc(O)c2ccc3ccccc3c2c1. The second-order valence-corrected chi connectivity index (χ2v) is 32.5. The Morgan fingerprint density at radius 1 is 0.250 bits per heavy atom. The van der Waals surface area contributed by atoms with E-state index in [9.17, 15) is 99.2 Å². The number of aromatic hydroxyl groups is 9. The number of aryl methyl sites for hydroxylation is 3. The number of rotatable bonds is 11. The van der Waals surface area contributed by atoms with Crippen LogP contribution in [0.15, 0.2) is 309 Å². The largest absolute Gasteiger partial charge is 0.507 e. The zero-order chi connectivity index (χ0) is 105. The summed E-state index contributed by atoms with van der Waals surface area (Å²) < 4.78 is 5.11. The predicted octanol–water partition coefficient (Wildman–Crippen LogP) is 23.2. The Bertz CT molecular complexity index is 8370. The van der Waals surface area contributed by atoms with Crippen LogP contribution in [0.5, 0.6) is 57.5 Å². The van der Waals surface area contributed by atoms with Gasteiger partial charge in [0, 0.05) is 77.2 Å². The van der Waals surface area contributed by atoms with Gasteiger partial charge in [0.25, 0.3) is 5.69 Å². The van der Waals surface area contributed by atoms with Gasteiger partial charge in [-0.15, -0.1) is 0 Å². The van der Waals surface area contributed by atoms with Crippen molar-refractivity contribution >= 4 is 184 Å². The van der Waals surface area contributed by atoms with Gasteiger partial charge in [-0.25, -0.2) is 43.2 Å². The maximum atomic E-state index is 11.0. The summed E-state index contributed by atoms with van der Waals surface area (Å²) in [7, 11) is 1.50. The van der Waals surface area contributed by atoms with Crippen LogP contribution < -0.4 is 10.5 Å². The fourth-order valence-corrected chi connectivity index (χ4v) is 15.5. The Labute approximate surface area is 813 Å². The van der Waals surface area contributed by atoms with Gasteiger partial charge in [-0.05, 0) is 232 Å². The second kappa shape index (κ2) is 44.2. The number of methoxy groups -OCH3 is 1. The van der Waals surface area contributed by atoms with Crippen LogP contribution in [-0.2, 0) is 0 Å². The predicted molar refractivity (Wildman–Crippen MR) is 545 cm³/mol. The van der Waals surface area contributed by atoms with Crippen molar-refractivity contribution in [2.75, 3.05) is 12.8 Å². The minimum absolute atomic E-state index is 0.00157. The number of nitro groups is 1. The number of nitro benzene ring substituents is 1. The van der Waals surface area contributed by atoms with Crippen molar-refractivity contribution < 1.29 is 145 Å². The minimum atomic E-state index is -1.17. The van der Waals surface area contributed by atoms with E-state index in [1.807, 2.05) is 136 Å². The lowest BCUT2D eigenvalue weighted by Crippen LogP contribution is -1.99. The molecule has 0 bridgehead atoms. The molecule has 0 unspecified atom stereocenters. The average molecular weight is 1940 g/mol. The monoisotopic (exact) mass is 1940 g/mol. The number of carboxylic acid groups (broad SMARTS) is 9. The van der Waals surface area contributed by atoms with Crippen LogP contribution in [0.2, 0.25) is 0 Å². The van der Waals surface area contributed by atoms with Crippen LogP contribution in [0.4, 0.5) is 11.4 Å². The standard InChI is InChI=1S/2C15H10O3.C12H10O4.4C12H10O3.C11H7NO5.C11H9NO3/c16-14-8-10(15(17)18)7-13-11-4-2-1-3-9(11)5-6-12(13)14;16-13-8-11(15(17)18)7-10-6-5-9-3-1-2-4-12(9)14(10)13;1-16-11-4-2-3-8-9(11)5-7(12(14)15)6-10(8)13;1-7-2-3-10-8(4-7)5-9(12(14)15)6-11(10)13;2*1-7-2-3-8-5-9(12(14)15)6-11(13)10(8)4-7;1-7-10(12(14)15)6-8-4-2-3-5-9(8)11(7)13;13-10-4-7(11(14)15)3-6-1-2-8(12(16)17)5-9(6)10;12-8-2-1-6-3-7(11(14)15)4-10(13)9(6)5-8/h2*1-8,16H,(H,17,18);2-6,13H,1H3,(H,14,15);4*2-6,13H,1H3,(H,14,15);1-5,13H,(H,14,15);1-5,13H,12H2,(H,14,15). The van der Waals surface area contributed by atoms with Crippen molar-refractivity contribution in [1.82, 2.24) is 0 Å². The van der Waals surface area contributed by atoms with Crippen LogP contribution in [0, 0.1) is 37.8 Å². The molecule has 20 aromatic carbocycles. The highest BCUT2D eigenvalue weighted by molar-refractivity contribution is 6.14. The van der Waals surface area contributed by atoms with E-state index < -0.39 is 58.6 Å². The van der Waals surface area contributed by atoms with Crippen molar-refractivity contribution in [3.8, 4) is 57.5 Å². The number of nitrogens with two attached hydrogens (primary N) is 1. The van der Waals surface area contributed by atoms with E-state index in [0.717, 1.165) is 76.6 Å². The lowest BCUT2D eigenvalue weighted by Gasteiger charge is -2.07. The van der Waals surface area contributed by atoms with Gasteiger partial charge >= 0.3 is 53.7 Å². The smallest absolute Gasteiger partial charge is 0.336 e. The summed E-state index contributed by atoms with van der Waals surface area (Å²) in [5, 5.41) is 194. The number of benzene rings is 20. The molecule has 0 amide bonds. The molecular weight excluding hydrogens is 1850 g/mol. The van der Waals surface area contributed by atoms with Crippen LogP contribution in [0.3, 0.4) is 0 Å². The van der Waals surface area contributed by atoms with Crippen molar-refractivity contribution in [2.45, 2.75) is 27.7 Å². The molecule has 20 rings (SSSR count).